The molecule has 0 radical (unpaired) electrons. The van der Waals surface area contributed by atoms with Gasteiger partial charge in [0.2, 0.25) is 24.1 Å². The molecule has 1 aliphatic heterocycles. The van der Waals surface area contributed by atoms with Gasteiger partial charge in [-0.3, -0.25) is 34.2 Å². The van der Waals surface area contributed by atoms with Crippen LogP contribution in [-0.4, -0.2) is 77.7 Å². The fourth-order valence-corrected chi connectivity index (χ4v) is 6.18. The largest absolute Gasteiger partial charge is 0.356 e. The monoisotopic (exact) mass is 781 g/mol. The molecule has 1 aliphatic rings. The van der Waals surface area contributed by atoms with E-state index in [9.17, 15) is 33.9 Å². The van der Waals surface area contributed by atoms with E-state index in [1.54, 1.807) is 24.3 Å². The molecule has 8 N–H and O–H groups in total. The third-order valence-corrected chi connectivity index (χ3v) is 9.16. The predicted octanol–water partition coefficient (Wildman–Crippen LogP) is 3.25. The van der Waals surface area contributed by atoms with Gasteiger partial charge in [-0.05, 0) is 54.5 Å². The number of anilines is 1. The van der Waals surface area contributed by atoms with Gasteiger partial charge in [0.15, 0.2) is 0 Å². The molecule has 302 valence electrons. The molecule has 3 aromatic carbocycles. The van der Waals surface area contributed by atoms with Crippen LogP contribution in [0, 0.1) is 0 Å². The van der Waals surface area contributed by atoms with Crippen LogP contribution < -0.4 is 32.3 Å². The molecular formula is C42H51N7O8. The van der Waals surface area contributed by atoms with Crippen LogP contribution >= 0.6 is 0 Å². The SMILES string of the molecule is C=C[C@H](c1ccccc1)[C@H](NC(O)OCc1ccc(NC(=O)[C@H](CCCNC(N)=O)NC(=O)CNC(=O)CCCCCN2C(=O)C=CC2=O)cc1)c1ccccc1. The molecule has 0 aromatic heterocycles. The Morgan fingerprint density at radius 3 is 2.09 bits per heavy atom. The first kappa shape index (κ1) is 43.6. The van der Waals surface area contributed by atoms with Crippen LogP contribution in [0.4, 0.5) is 10.5 Å². The fourth-order valence-electron chi connectivity index (χ4n) is 6.18. The highest BCUT2D eigenvalue weighted by Gasteiger charge is 2.26. The van der Waals surface area contributed by atoms with Crippen molar-refractivity contribution in [1.29, 1.82) is 0 Å². The number of carbonyl (C=O) groups excluding carboxylic acids is 6. The molecule has 0 saturated carbocycles. The average molecular weight is 782 g/mol. The van der Waals surface area contributed by atoms with Crippen molar-refractivity contribution >= 4 is 41.3 Å². The minimum atomic E-state index is -1.32. The van der Waals surface area contributed by atoms with E-state index in [-0.39, 0.29) is 68.8 Å². The maximum Gasteiger partial charge on any atom is 0.312 e. The van der Waals surface area contributed by atoms with E-state index in [1.807, 2.05) is 66.7 Å². The van der Waals surface area contributed by atoms with Gasteiger partial charge in [-0.2, -0.15) is 0 Å². The van der Waals surface area contributed by atoms with Crippen LogP contribution in [0.25, 0.3) is 0 Å². The van der Waals surface area contributed by atoms with Crippen LogP contribution in [0.2, 0.25) is 0 Å². The van der Waals surface area contributed by atoms with E-state index in [0.29, 0.717) is 31.4 Å². The molecular weight excluding hydrogens is 731 g/mol. The van der Waals surface area contributed by atoms with Crippen molar-refractivity contribution in [2.75, 3.05) is 25.0 Å². The summed E-state index contributed by atoms with van der Waals surface area (Å²) in [6, 6.07) is 24.3. The maximum absolute atomic E-state index is 13.3. The number of primary amides is 1. The lowest BCUT2D eigenvalue weighted by atomic mass is 9.87. The zero-order chi connectivity index (χ0) is 41.0. The zero-order valence-corrected chi connectivity index (χ0v) is 31.7. The number of aliphatic hydroxyl groups is 1. The number of ether oxygens (including phenoxy) is 1. The van der Waals surface area contributed by atoms with Crippen molar-refractivity contribution in [2.45, 2.75) is 69.5 Å². The van der Waals surface area contributed by atoms with Gasteiger partial charge in [-0.15, -0.1) is 6.58 Å². The van der Waals surface area contributed by atoms with E-state index in [0.717, 1.165) is 21.6 Å². The van der Waals surface area contributed by atoms with E-state index < -0.39 is 30.3 Å². The standard InChI is InChI=1S/C42H51N7O8/c1-2-33(30-13-6-3-7-14-30)39(31-15-8-4-9-16-31)48-42(56)57-28-29-19-21-32(22-20-29)46-40(54)34(17-12-25-44-41(43)55)47-36(51)27-45-35(50)18-10-5-11-26-49-37(52)23-24-38(49)53/h2-4,6-9,13-16,19-24,33-34,39,42,48,56H,1,5,10-12,17-18,25-28H2,(H,45,50)(H,46,54)(H,47,51)(H3,43,44,55)/t33-,34+,39-,42?/m1/s1. The Labute approximate surface area is 332 Å². The van der Waals surface area contributed by atoms with E-state index in [2.05, 4.69) is 33.2 Å². The highest BCUT2D eigenvalue weighted by atomic mass is 16.6. The summed E-state index contributed by atoms with van der Waals surface area (Å²) < 4.78 is 5.76. The molecule has 4 atom stereocenters. The number of unbranched alkanes of at least 4 members (excludes halogenated alkanes) is 2. The Bertz CT molecular complexity index is 1820. The second-order valence-corrected chi connectivity index (χ2v) is 13.4. The van der Waals surface area contributed by atoms with E-state index >= 15 is 0 Å². The Morgan fingerprint density at radius 1 is 0.807 bits per heavy atom. The number of aliphatic hydroxyl groups excluding tert-OH is 1. The lowest BCUT2D eigenvalue weighted by Gasteiger charge is -2.29. The summed E-state index contributed by atoms with van der Waals surface area (Å²) in [4.78, 5) is 73.9. The first-order valence-electron chi connectivity index (χ1n) is 18.8. The minimum Gasteiger partial charge on any atom is -0.356 e. The highest BCUT2D eigenvalue weighted by Crippen LogP contribution is 2.32. The van der Waals surface area contributed by atoms with Gasteiger partial charge in [0.25, 0.3) is 11.8 Å². The quantitative estimate of drug-likeness (QED) is 0.0307. The summed E-state index contributed by atoms with van der Waals surface area (Å²) in [5, 5.41) is 24.5. The number of benzene rings is 3. The summed E-state index contributed by atoms with van der Waals surface area (Å²) in [6.45, 7) is 4.20. The molecule has 4 rings (SSSR count). The number of nitrogens with two attached hydrogens (primary N) is 1. The molecule has 15 heteroatoms. The van der Waals surface area contributed by atoms with Crippen molar-refractivity contribution in [2.24, 2.45) is 5.73 Å². The van der Waals surface area contributed by atoms with Gasteiger partial charge in [0, 0.05) is 49.3 Å². The first-order chi connectivity index (χ1) is 27.5. The molecule has 1 heterocycles. The number of urea groups is 1. The third kappa shape index (κ3) is 14.8. The van der Waals surface area contributed by atoms with Gasteiger partial charge in [-0.1, -0.05) is 85.3 Å². The number of imide groups is 1. The van der Waals surface area contributed by atoms with Gasteiger partial charge < -0.3 is 36.8 Å². The summed E-state index contributed by atoms with van der Waals surface area (Å²) in [5.74, 6) is -2.30. The van der Waals surface area contributed by atoms with Crippen LogP contribution in [0.1, 0.15) is 67.2 Å². The molecule has 0 aliphatic carbocycles. The summed E-state index contributed by atoms with van der Waals surface area (Å²) in [7, 11) is 0. The summed E-state index contributed by atoms with van der Waals surface area (Å²) in [5.41, 5.74) is 8.29. The van der Waals surface area contributed by atoms with E-state index in [1.165, 1.54) is 12.2 Å². The third-order valence-electron chi connectivity index (χ3n) is 9.16. The lowest BCUT2D eigenvalue weighted by molar-refractivity contribution is -0.137. The minimum absolute atomic E-state index is 0.0591. The zero-order valence-electron chi connectivity index (χ0n) is 31.7. The normalized spacial score (nSPS) is 14.3. The van der Waals surface area contributed by atoms with Crippen molar-refractivity contribution < 1.29 is 38.6 Å². The summed E-state index contributed by atoms with van der Waals surface area (Å²) >= 11 is 0. The first-order valence-corrected chi connectivity index (χ1v) is 18.8. The highest BCUT2D eigenvalue weighted by molar-refractivity contribution is 6.12. The molecule has 1 unspecified atom stereocenters. The predicted molar refractivity (Wildman–Crippen MR) is 214 cm³/mol. The molecule has 15 nitrogen and oxygen atoms in total. The smallest absolute Gasteiger partial charge is 0.312 e. The van der Waals surface area contributed by atoms with Crippen molar-refractivity contribution in [3.8, 4) is 0 Å². The molecule has 0 fully saturated rings. The molecule has 57 heavy (non-hydrogen) atoms. The second-order valence-electron chi connectivity index (χ2n) is 13.4. The topological polar surface area (TPSA) is 221 Å². The molecule has 3 aromatic rings. The second kappa shape index (κ2) is 23.0. The Balaban J connectivity index is 1.25. The number of nitrogens with one attached hydrogen (secondary N) is 5. The number of rotatable bonds is 24. The van der Waals surface area contributed by atoms with Crippen molar-refractivity contribution in [3.63, 3.8) is 0 Å². The molecule has 0 saturated heterocycles. The number of hydrogen-bond acceptors (Lipinski definition) is 9. The van der Waals surface area contributed by atoms with Crippen LogP contribution in [0.15, 0.2) is 110 Å². The Morgan fingerprint density at radius 2 is 1.46 bits per heavy atom. The number of carbonyl (C=O) groups is 6. The number of nitrogens with zero attached hydrogens (tertiary/aromatic N) is 1. The molecule has 0 bridgehead atoms. The maximum atomic E-state index is 13.3. The Kier molecular flexibility index (Phi) is 17.6. The lowest BCUT2D eigenvalue weighted by Crippen LogP contribution is -2.47. The van der Waals surface area contributed by atoms with Crippen molar-refractivity contribution in [3.05, 3.63) is 126 Å². The number of hydrogen-bond donors (Lipinski definition) is 7. The molecule has 0 spiro atoms. The van der Waals surface area contributed by atoms with Gasteiger partial charge in [-0.25, -0.2) is 4.79 Å². The van der Waals surface area contributed by atoms with Crippen LogP contribution in [0.3, 0.4) is 0 Å². The Hall–Kier alpha value is -6.16. The van der Waals surface area contributed by atoms with Gasteiger partial charge >= 0.3 is 6.03 Å². The summed E-state index contributed by atoms with van der Waals surface area (Å²) in [6.07, 6.45) is 5.26. The average Bonchev–Trinajstić information content (AvgIpc) is 3.53. The fraction of sp³-hybridized carbons (Fsp3) is 0.333. The van der Waals surface area contributed by atoms with Crippen LogP contribution in [-0.2, 0) is 35.3 Å². The van der Waals surface area contributed by atoms with Gasteiger partial charge in [0.1, 0.15) is 6.04 Å². The molecule has 7 amide bonds. The number of amides is 7. The van der Waals surface area contributed by atoms with Crippen LogP contribution in [0.5, 0.6) is 0 Å². The van der Waals surface area contributed by atoms with E-state index in [4.69, 9.17) is 10.5 Å². The van der Waals surface area contributed by atoms with Gasteiger partial charge in [0.05, 0.1) is 13.2 Å². The van der Waals surface area contributed by atoms with Crippen molar-refractivity contribution in [1.82, 2.24) is 26.2 Å².